The Morgan fingerprint density at radius 1 is 1.28 bits per heavy atom. The Bertz CT molecular complexity index is 757. The molecule has 1 saturated heterocycles. The van der Waals surface area contributed by atoms with Crippen molar-refractivity contribution in [2.75, 3.05) is 6.54 Å². The molecule has 6 nitrogen and oxygen atoms in total. The SMILES string of the molecule is O=C(O)C1CCCCN1C(=O)CCc1ncc(-c2ccc(Cl)cc2)o1. The second-order valence-electron chi connectivity index (χ2n) is 6.06. The Balaban J connectivity index is 1.61. The highest BCUT2D eigenvalue weighted by Crippen LogP contribution is 2.23. The van der Waals surface area contributed by atoms with Crippen LogP contribution >= 0.6 is 11.6 Å². The number of likely N-dealkylation sites (tertiary alicyclic amines) is 1. The van der Waals surface area contributed by atoms with Gasteiger partial charge in [-0.3, -0.25) is 4.79 Å². The van der Waals surface area contributed by atoms with Gasteiger partial charge in [0.2, 0.25) is 5.91 Å². The number of amides is 1. The maximum atomic E-state index is 12.4. The molecule has 1 aromatic heterocycles. The van der Waals surface area contributed by atoms with Gasteiger partial charge in [-0.1, -0.05) is 11.6 Å². The molecule has 7 heteroatoms. The molecule has 0 aliphatic carbocycles. The number of aliphatic carboxylic acids is 1. The number of carbonyl (C=O) groups is 2. The second-order valence-corrected chi connectivity index (χ2v) is 6.50. The largest absolute Gasteiger partial charge is 0.480 e. The van der Waals surface area contributed by atoms with E-state index in [1.165, 1.54) is 4.90 Å². The van der Waals surface area contributed by atoms with Crippen molar-refractivity contribution in [1.29, 1.82) is 0 Å². The molecule has 1 amide bonds. The van der Waals surface area contributed by atoms with Gasteiger partial charge in [-0.25, -0.2) is 9.78 Å². The molecular formula is C18H19ClN2O4. The van der Waals surface area contributed by atoms with E-state index in [2.05, 4.69) is 4.98 Å². The topological polar surface area (TPSA) is 83.6 Å². The zero-order chi connectivity index (χ0) is 17.8. The quantitative estimate of drug-likeness (QED) is 0.881. The van der Waals surface area contributed by atoms with Crippen LogP contribution < -0.4 is 0 Å². The monoisotopic (exact) mass is 362 g/mol. The fourth-order valence-corrected chi connectivity index (χ4v) is 3.14. The summed E-state index contributed by atoms with van der Waals surface area (Å²) in [4.78, 5) is 29.3. The van der Waals surface area contributed by atoms with Gasteiger partial charge in [0.05, 0.1) is 6.20 Å². The minimum atomic E-state index is -0.936. The summed E-state index contributed by atoms with van der Waals surface area (Å²) in [5.41, 5.74) is 0.858. The number of oxazole rings is 1. The van der Waals surface area contributed by atoms with Crippen LogP contribution in [-0.4, -0.2) is 39.5 Å². The van der Waals surface area contributed by atoms with Crippen molar-refractivity contribution in [3.8, 4) is 11.3 Å². The molecule has 1 atom stereocenters. The van der Waals surface area contributed by atoms with Crippen molar-refractivity contribution in [1.82, 2.24) is 9.88 Å². The summed E-state index contributed by atoms with van der Waals surface area (Å²) in [6, 6.07) is 6.50. The highest BCUT2D eigenvalue weighted by molar-refractivity contribution is 6.30. The van der Waals surface area contributed by atoms with Gasteiger partial charge in [0, 0.05) is 30.0 Å². The van der Waals surface area contributed by atoms with Crippen LogP contribution in [-0.2, 0) is 16.0 Å². The highest BCUT2D eigenvalue weighted by Gasteiger charge is 2.31. The summed E-state index contributed by atoms with van der Waals surface area (Å²) >= 11 is 5.87. The van der Waals surface area contributed by atoms with Gasteiger partial charge in [0.1, 0.15) is 6.04 Å². The van der Waals surface area contributed by atoms with Crippen LogP contribution in [0.1, 0.15) is 31.6 Å². The van der Waals surface area contributed by atoms with E-state index in [9.17, 15) is 14.7 Å². The van der Waals surface area contributed by atoms with E-state index in [0.29, 0.717) is 36.1 Å². The van der Waals surface area contributed by atoms with Crippen molar-refractivity contribution < 1.29 is 19.1 Å². The summed E-state index contributed by atoms with van der Waals surface area (Å²) in [7, 11) is 0. The molecule has 2 aromatic rings. The molecule has 0 saturated carbocycles. The van der Waals surface area contributed by atoms with E-state index in [0.717, 1.165) is 18.4 Å². The Labute approximate surface area is 150 Å². The van der Waals surface area contributed by atoms with Crippen LogP contribution in [0.25, 0.3) is 11.3 Å². The van der Waals surface area contributed by atoms with Crippen molar-refractivity contribution >= 4 is 23.5 Å². The number of benzene rings is 1. The summed E-state index contributed by atoms with van der Waals surface area (Å²) in [5, 5.41) is 9.90. The first-order chi connectivity index (χ1) is 12.0. The molecule has 1 aromatic carbocycles. The van der Waals surface area contributed by atoms with Crippen LogP contribution in [0.5, 0.6) is 0 Å². The minimum absolute atomic E-state index is 0.168. The third-order valence-electron chi connectivity index (χ3n) is 4.34. The molecule has 1 unspecified atom stereocenters. The molecule has 1 fully saturated rings. The third-order valence-corrected chi connectivity index (χ3v) is 4.60. The summed E-state index contributed by atoms with van der Waals surface area (Å²) < 4.78 is 5.68. The lowest BCUT2D eigenvalue weighted by Crippen LogP contribution is -2.48. The van der Waals surface area contributed by atoms with Crippen LogP contribution in [0, 0.1) is 0 Å². The molecule has 1 aliphatic heterocycles. The van der Waals surface area contributed by atoms with E-state index >= 15 is 0 Å². The van der Waals surface area contributed by atoms with E-state index in [4.69, 9.17) is 16.0 Å². The molecule has 25 heavy (non-hydrogen) atoms. The fraction of sp³-hybridized carbons (Fsp3) is 0.389. The number of carbonyl (C=O) groups excluding carboxylic acids is 1. The molecular weight excluding hydrogens is 344 g/mol. The number of rotatable bonds is 5. The lowest BCUT2D eigenvalue weighted by Gasteiger charge is -2.32. The Morgan fingerprint density at radius 2 is 2.04 bits per heavy atom. The first-order valence-electron chi connectivity index (χ1n) is 8.27. The number of piperidine rings is 1. The van der Waals surface area contributed by atoms with Crippen molar-refractivity contribution in [2.24, 2.45) is 0 Å². The van der Waals surface area contributed by atoms with Gasteiger partial charge in [-0.15, -0.1) is 0 Å². The number of hydrogen-bond donors (Lipinski definition) is 1. The Morgan fingerprint density at radius 3 is 2.76 bits per heavy atom. The lowest BCUT2D eigenvalue weighted by molar-refractivity contribution is -0.152. The predicted octanol–water partition coefficient (Wildman–Crippen LogP) is 3.39. The van der Waals surface area contributed by atoms with E-state index < -0.39 is 12.0 Å². The van der Waals surface area contributed by atoms with Crippen LogP contribution in [0.15, 0.2) is 34.9 Å². The standard InChI is InChI=1S/C18H19ClN2O4/c19-13-6-4-12(5-7-13)15-11-20-16(25-15)8-9-17(22)21-10-2-1-3-14(21)18(23)24/h4-7,11,14H,1-3,8-10H2,(H,23,24). The van der Waals surface area contributed by atoms with Crippen LogP contribution in [0.2, 0.25) is 5.02 Å². The highest BCUT2D eigenvalue weighted by atomic mass is 35.5. The Kier molecular flexibility index (Phi) is 5.38. The van der Waals surface area contributed by atoms with E-state index in [-0.39, 0.29) is 12.3 Å². The van der Waals surface area contributed by atoms with Crippen molar-refractivity contribution in [3.05, 3.63) is 41.4 Å². The molecule has 0 radical (unpaired) electrons. The van der Waals surface area contributed by atoms with Gasteiger partial charge < -0.3 is 14.4 Å². The number of halogens is 1. The van der Waals surface area contributed by atoms with E-state index in [1.54, 1.807) is 18.3 Å². The number of hydrogen-bond acceptors (Lipinski definition) is 4. The average Bonchev–Trinajstić information content (AvgIpc) is 3.09. The summed E-state index contributed by atoms with van der Waals surface area (Å²) in [6.07, 6.45) is 4.34. The van der Waals surface area contributed by atoms with Gasteiger partial charge in [-0.2, -0.15) is 0 Å². The first kappa shape index (κ1) is 17.5. The summed E-state index contributed by atoms with van der Waals surface area (Å²) in [6.45, 7) is 0.497. The molecule has 0 bridgehead atoms. The third kappa shape index (κ3) is 4.20. The van der Waals surface area contributed by atoms with Crippen LogP contribution in [0.4, 0.5) is 0 Å². The molecule has 2 heterocycles. The maximum Gasteiger partial charge on any atom is 0.326 e. The van der Waals surface area contributed by atoms with Gasteiger partial charge in [-0.05, 0) is 43.5 Å². The number of aromatic nitrogens is 1. The fourth-order valence-electron chi connectivity index (χ4n) is 3.02. The minimum Gasteiger partial charge on any atom is -0.480 e. The van der Waals surface area contributed by atoms with Gasteiger partial charge in [0.15, 0.2) is 11.7 Å². The molecule has 3 rings (SSSR count). The zero-order valence-electron chi connectivity index (χ0n) is 13.7. The number of carboxylic acid groups (broad SMARTS) is 1. The Hall–Kier alpha value is -2.34. The zero-order valence-corrected chi connectivity index (χ0v) is 14.4. The van der Waals surface area contributed by atoms with E-state index in [1.807, 2.05) is 12.1 Å². The second kappa shape index (κ2) is 7.70. The first-order valence-corrected chi connectivity index (χ1v) is 8.65. The smallest absolute Gasteiger partial charge is 0.326 e. The van der Waals surface area contributed by atoms with Gasteiger partial charge in [0.25, 0.3) is 0 Å². The number of carboxylic acids is 1. The summed E-state index contributed by atoms with van der Waals surface area (Å²) in [5.74, 6) is -0.0322. The average molecular weight is 363 g/mol. The molecule has 1 aliphatic rings. The normalized spacial score (nSPS) is 17.5. The number of aryl methyl sites for hydroxylation is 1. The van der Waals surface area contributed by atoms with Gasteiger partial charge >= 0.3 is 5.97 Å². The van der Waals surface area contributed by atoms with Crippen molar-refractivity contribution in [3.63, 3.8) is 0 Å². The molecule has 132 valence electrons. The number of nitrogens with zero attached hydrogens (tertiary/aromatic N) is 2. The predicted molar refractivity (Wildman–Crippen MR) is 92.3 cm³/mol. The molecule has 0 spiro atoms. The lowest BCUT2D eigenvalue weighted by atomic mass is 10.0. The maximum absolute atomic E-state index is 12.4. The van der Waals surface area contributed by atoms with Crippen LogP contribution in [0.3, 0.4) is 0 Å². The van der Waals surface area contributed by atoms with Crippen molar-refractivity contribution in [2.45, 2.75) is 38.1 Å². The molecule has 1 N–H and O–H groups in total.